The molecule has 136 valence electrons. The SMILES string of the molecule is O=[N+]([O-])c1cc(S(=O)(=O)C(F)F)ccc1NCc1cc2ccccc2[nH]1. The second-order valence-electron chi connectivity index (χ2n) is 5.48. The van der Waals surface area contributed by atoms with Crippen LogP contribution in [0.25, 0.3) is 10.9 Å². The number of hydrogen-bond acceptors (Lipinski definition) is 5. The number of hydrogen-bond donors (Lipinski definition) is 2. The number of sulfone groups is 1. The maximum atomic E-state index is 12.6. The first-order valence-electron chi connectivity index (χ1n) is 7.40. The number of nitrogens with zero attached hydrogens (tertiary/aromatic N) is 1. The Morgan fingerprint density at radius 1 is 1.15 bits per heavy atom. The number of H-pyrrole nitrogens is 1. The number of nitro benzene ring substituents is 1. The van der Waals surface area contributed by atoms with E-state index in [2.05, 4.69) is 10.3 Å². The van der Waals surface area contributed by atoms with Gasteiger partial charge in [0.1, 0.15) is 5.69 Å². The summed E-state index contributed by atoms with van der Waals surface area (Å²) in [5.41, 5.74) is 1.09. The third-order valence-corrected chi connectivity index (χ3v) is 5.16. The number of halogens is 2. The van der Waals surface area contributed by atoms with Gasteiger partial charge in [-0.05, 0) is 29.7 Å². The van der Waals surface area contributed by atoms with Gasteiger partial charge in [-0.2, -0.15) is 8.78 Å². The third kappa shape index (κ3) is 3.36. The van der Waals surface area contributed by atoms with Crippen LogP contribution in [0.5, 0.6) is 0 Å². The first-order chi connectivity index (χ1) is 12.3. The Balaban J connectivity index is 1.88. The van der Waals surface area contributed by atoms with E-state index in [1.807, 2.05) is 30.3 Å². The second-order valence-corrected chi connectivity index (χ2v) is 7.39. The number of aromatic nitrogens is 1. The van der Waals surface area contributed by atoms with Crippen LogP contribution in [-0.4, -0.2) is 24.1 Å². The fraction of sp³-hybridized carbons (Fsp3) is 0.125. The van der Waals surface area contributed by atoms with Crippen LogP contribution in [-0.2, 0) is 16.4 Å². The molecule has 0 aliphatic heterocycles. The second kappa shape index (κ2) is 6.71. The van der Waals surface area contributed by atoms with Crippen LogP contribution in [0.2, 0.25) is 0 Å². The molecule has 3 rings (SSSR count). The summed E-state index contributed by atoms with van der Waals surface area (Å²) >= 11 is 0. The zero-order chi connectivity index (χ0) is 18.9. The molecule has 0 fully saturated rings. The summed E-state index contributed by atoms with van der Waals surface area (Å²) < 4.78 is 48.2. The lowest BCUT2D eigenvalue weighted by atomic mass is 10.2. The molecule has 7 nitrogen and oxygen atoms in total. The molecule has 10 heteroatoms. The van der Waals surface area contributed by atoms with Gasteiger partial charge in [0.2, 0.25) is 9.84 Å². The summed E-state index contributed by atoms with van der Waals surface area (Å²) in [7, 11) is -4.91. The molecule has 1 aromatic heterocycles. The standard InChI is InChI=1S/C16H13F2N3O4S/c17-16(18)26(24,25)12-5-6-14(15(8-12)21(22)23)19-9-11-7-10-3-1-2-4-13(10)20-11/h1-8,16,19-20H,9H2. The molecular formula is C16H13F2N3O4S. The first kappa shape index (κ1) is 17.8. The van der Waals surface area contributed by atoms with Crippen LogP contribution in [0.3, 0.4) is 0 Å². The molecule has 0 radical (unpaired) electrons. The molecule has 0 aliphatic carbocycles. The zero-order valence-corrected chi connectivity index (χ0v) is 14.0. The van der Waals surface area contributed by atoms with Crippen LogP contribution in [0.15, 0.2) is 53.4 Å². The number of para-hydroxylation sites is 1. The molecule has 3 aromatic rings. The maximum absolute atomic E-state index is 12.6. The average molecular weight is 381 g/mol. The molecule has 0 unspecified atom stereocenters. The number of nitrogens with one attached hydrogen (secondary N) is 2. The van der Waals surface area contributed by atoms with Gasteiger partial charge >= 0.3 is 5.76 Å². The Morgan fingerprint density at radius 3 is 2.54 bits per heavy atom. The van der Waals surface area contributed by atoms with E-state index in [0.29, 0.717) is 6.07 Å². The van der Waals surface area contributed by atoms with Crippen molar-refractivity contribution >= 4 is 32.1 Å². The van der Waals surface area contributed by atoms with Crippen molar-refractivity contribution in [1.82, 2.24) is 4.98 Å². The summed E-state index contributed by atoms with van der Waals surface area (Å²) in [5.74, 6) is -3.65. The molecule has 26 heavy (non-hydrogen) atoms. The highest BCUT2D eigenvalue weighted by molar-refractivity contribution is 7.91. The van der Waals surface area contributed by atoms with Crippen LogP contribution >= 0.6 is 0 Å². The summed E-state index contributed by atoms with van der Waals surface area (Å²) in [6.07, 6.45) is 0. The van der Waals surface area contributed by atoms with E-state index >= 15 is 0 Å². The number of nitro groups is 1. The highest BCUT2D eigenvalue weighted by Crippen LogP contribution is 2.30. The predicted octanol–water partition coefficient (Wildman–Crippen LogP) is 3.68. The topological polar surface area (TPSA) is 105 Å². The third-order valence-electron chi connectivity index (χ3n) is 3.78. The Bertz CT molecular complexity index is 1050. The molecule has 0 aliphatic rings. The predicted molar refractivity (Wildman–Crippen MR) is 91.9 cm³/mol. The van der Waals surface area contributed by atoms with Crippen LogP contribution in [0, 0.1) is 10.1 Å². The summed E-state index contributed by atoms with van der Waals surface area (Å²) in [5, 5.41) is 15.0. The fourth-order valence-electron chi connectivity index (χ4n) is 2.51. The molecule has 1 heterocycles. The van der Waals surface area contributed by atoms with Crippen LogP contribution < -0.4 is 5.32 Å². The summed E-state index contributed by atoms with van der Waals surface area (Å²) in [6.45, 7) is 0.205. The van der Waals surface area contributed by atoms with E-state index in [9.17, 15) is 27.3 Å². The lowest BCUT2D eigenvalue weighted by molar-refractivity contribution is -0.384. The van der Waals surface area contributed by atoms with E-state index in [1.165, 1.54) is 0 Å². The number of alkyl halides is 2. The maximum Gasteiger partial charge on any atom is 0.341 e. The van der Waals surface area contributed by atoms with E-state index < -0.39 is 31.1 Å². The Morgan fingerprint density at radius 2 is 1.88 bits per heavy atom. The lowest BCUT2D eigenvalue weighted by Gasteiger charge is -2.08. The average Bonchev–Trinajstić information content (AvgIpc) is 3.02. The minimum absolute atomic E-state index is 0.0295. The van der Waals surface area contributed by atoms with Crippen LogP contribution in [0.1, 0.15) is 5.69 Å². The van der Waals surface area contributed by atoms with Crippen molar-refractivity contribution in [2.45, 2.75) is 17.2 Å². The molecule has 0 saturated heterocycles. The molecule has 2 aromatic carbocycles. The van der Waals surface area contributed by atoms with Crippen molar-refractivity contribution in [1.29, 1.82) is 0 Å². The fourth-order valence-corrected chi connectivity index (χ4v) is 3.25. The highest BCUT2D eigenvalue weighted by Gasteiger charge is 2.29. The van der Waals surface area contributed by atoms with Crippen molar-refractivity contribution in [3.8, 4) is 0 Å². The zero-order valence-electron chi connectivity index (χ0n) is 13.1. The van der Waals surface area contributed by atoms with Gasteiger partial charge in [0.15, 0.2) is 0 Å². The van der Waals surface area contributed by atoms with Gasteiger partial charge in [0.05, 0.1) is 16.4 Å². The van der Waals surface area contributed by atoms with Gasteiger partial charge in [0, 0.05) is 17.3 Å². The molecule has 0 amide bonds. The number of rotatable bonds is 6. The smallest absolute Gasteiger partial charge is 0.341 e. The highest BCUT2D eigenvalue weighted by atomic mass is 32.2. The van der Waals surface area contributed by atoms with Gasteiger partial charge in [0.25, 0.3) is 5.69 Å². The molecular weight excluding hydrogens is 368 g/mol. The van der Waals surface area contributed by atoms with Gasteiger partial charge in [-0.3, -0.25) is 10.1 Å². The van der Waals surface area contributed by atoms with Gasteiger partial charge in [-0.1, -0.05) is 18.2 Å². The molecule has 0 atom stereocenters. The lowest BCUT2D eigenvalue weighted by Crippen LogP contribution is -2.12. The molecule has 0 spiro atoms. The number of anilines is 1. The minimum Gasteiger partial charge on any atom is -0.374 e. The largest absolute Gasteiger partial charge is 0.374 e. The van der Waals surface area contributed by atoms with Crippen LogP contribution in [0.4, 0.5) is 20.2 Å². The van der Waals surface area contributed by atoms with E-state index in [4.69, 9.17) is 0 Å². The first-order valence-corrected chi connectivity index (χ1v) is 8.94. The quantitative estimate of drug-likeness (QED) is 0.500. The minimum atomic E-state index is -4.91. The van der Waals surface area contributed by atoms with E-state index in [1.54, 1.807) is 0 Å². The van der Waals surface area contributed by atoms with Crippen molar-refractivity contribution < 1.29 is 22.1 Å². The molecule has 0 bridgehead atoms. The number of aromatic amines is 1. The van der Waals surface area contributed by atoms with Gasteiger partial charge in [-0.15, -0.1) is 0 Å². The molecule has 0 saturated carbocycles. The van der Waals surface area contributed by atoms with Crippen molar-refractivity contribution in [3.63, 3.8) is 0 Å². The monoisotopic (exact) mass is 381 g/mol. The Kier molecular flexibility index (Phi) is 4.60. The van der Waals surface area contributed by atoms with Crippen molar-refractivity contribution in [2.24, 2.45) is 0 Å². The van der Waals surface area contributed by atoms with Crippen molar-refractivity contribution in [3.05, 3.63) is 64.3 Å². The van der Waals surface area contributed by atoms with E-state index in [-0.39, 0.29) is 12.2 Å². The Hall–Kier alpha value is -3.01. The molecule has 2 N–H and O–H groups in total. The normalized spacial score (nSPS) is 11.8. The van der Waals surface area contributed by atoms with Gasteiger partial charge < -0.3 is 10.3 Å². The Labute approximate surface area is 146 Å². The summed E-state index contributed by atoms with van der Waals surface area (Å²) in [6, 6.07) is 12.0. The van der Waals surface area contributed by atoms with Gasteiger partial charge in [-0.25, -0.2) is 8.42 Å². The number of fused-ring (bicyclic) bond motifs is 1. The van der Waals surface area contributed by atoms with Crippen molar-refractivity contribution in [2.75, 3.05) is 5.32 Å². The number of benzene rings is 2. The van der Waals surface area contributed by atoms with E-state index in [0.717, 1.165) is 28.7 Å². The summed E-state index contributed by atoms with van der Waals surface area (Å²) in [4.78, 5) is 12.7.